The molecular weight excluding hydrogens is 310 g/mol. The Morgan fingerprint density at radius 1 is 1.48 bits per heavy atom. The van der Waals surface area contributed by atoms with Gasteiger partial charge in [-0.1, -0.05) is 13.3 Å². The fraction of sp³-hybridized carbons (Fsp3) is 0.643. The lowest BCUT2D eigenvalue weighted by Crippen LogP contribution is -2.30. The Kier molecular flexibility index (Phi) is 5.06. The molecule has 0 radical (unpaired) electrons. The lowest BCUT2D eigenvalue weighted by atomic mass is 10.1. The standard InChI is InChI=1S/C14H21NO4S2/c1-9-4-5-11(6-9)7-15-21(17,18)13-10(2)8-20-12(13)14(16)19-3/h8-9,11,15H,4-7H2,1-3H3. The maximum atomic E-state index is 12.5. The Hall–Kier alpha value is -0.920. The smallest absolute Gasteiger partial charge is 0.349 e. The van der Waals surface area contributed by atoms with Crippen LogP contribution in [0.5, 0.6) is 0 Å². The van der Waals surface area contributed by atoms with Gasteiger partial charge in [-0.3, -0.25) is 0 Å². The number of methoxy groups -OCH3 is 1. The van der Waals surface area contributed by atoms with Crippen molar-refractivity contribution in [2.24, 2.45) is 11.8 Å². The average molecular weight is 331 g/mol. The van der Waals surface area contributed by atoms with Crippen LogP contribution in [0.25, 0.3) is 0 Å². The monoisotopic (exact) mass is 331 g/mol. The highest BCUT2D eigenvalue weighted by atomic mass is 32.2. The van der Waals surface area contributed by atoms with E-state index in [0.29, 0.717) is 23.9 Å². The topological polar surface area (TPSA) is 72.5 Å². The molecule has 1 aliphatic rings. The minimum atomic E-state index is -3.68. The van der Waals surface area contributed by atoms with Crippen LogP contribution >= 0.6 is 11.3 Å². The van der Waals surface area contributed by atoms with Crippen LogP contribution in [-0.4, -0.2) is 28.0 Å². The van der Waals surface area contributed by atoms with E-state index in [4.69, 9.17) is 0 Å². The molecule has 5 nitrogen and oxygen atoms in total. The summed E-state index contributed by atoms with van der Waals surface area (Å²) in [7, 11) is -2.43. The second-order valence-electron chi connectivity index (χ2n) is 5.70. The molecule has 2 atom stereocenters. The van der Waals surface area contributed by atoms with Crippen LogP contribution in [0.15, 0.2) is 10.3 Å². The first-order valence-electron chi connectivity index (χ1n) is 7.01. The molecule has 1 fully saturated rings. The highest BCUT2D eigenvalue weighted by Crippen LogP contribution is 2.31. The molecule has 2 rings (SSSR count). The van der Waals surface area contributed by atoms with Crippen molar-refractivity contribution in [1.82, 2.24) is 4.72 Å². The second kappa shape index (κ2) is 6.46. The lowest BCUT2D eigenvalue weighted by Gasteiger charge is -2.12. The van der Waals surface area contributed by atoms with Crippen molar-refractivity contribution in [3.8, 4) is 0 Å². The van der Waals surface area contributed by atoms with E-state index in [2.05, 4.69) is 16.4 Å². The molecule has 0 aromatic carbocycles. The van der Waals surface area contributed by atoms with Gasteiger partial charge in [0.05, 0.1) is 7.11 Å². The van der Waals surface area contributed by atoms with Crippen molar-refractivity contribution in [2.45, 2.75) is 38.0 Å². The summed E-state index contributed by atoms with van der Waals surface area (Å²) in [5.41, 5.74) is 0.577. The van der Waals surface area contributed by atoms with Gasteiger partial charge in [0.25, 0.3) is 0 Å². The van der Waals surface area contributed by atoms with Crippen molar-refractivity contribution >= 4 is 27.3 Å². The number of esters is 1. The Morgan fingerprint density at radius 3 is 2.76 bits per heavy atom. The van der Waals surface area contributed by atoms with Gasteiger partial charge in [0.2, 0.25) is 10.0 Å². The van der Waals surface area contributed by atoms with E-state index < -0.39 is 16.0 Å². The summed E-state index contributed by atoms with van der Waals surface area (Å²) in [6.45, 7) is 4.31. The third kappa shape index (κ3) is 3.64. The molecule has 1 N–H and O–H groups in total. The highest BCUT2D eigenvalue weighted by molar-refractivity contribution is 7.89. The van der Waals surface area contributed by atoms with Gasteiger partial charge in [-0.25, -0.2) is 17.9 Å². The fourth-order valence-corrected chi connectivity index (χ4v) is 5.63. The van der Waals surface area contributed by atoms with Crippen LogP contribution in [-0.2, 0) is 14.8 Å². The molecule has 0 bridgehead atoms. The van der Waals surface area contributed by atoms with Gasteiger partial charge >= 0.3 is 5.97 Å². The maximum Gasteiger partial charge on any atom is 0.349 e. The first-order valence-corrected chi connectivity index (χ1v) is 9.37. The molecule has 0 amide bonds. The molecule has 0 saturated heterocycles. The summed E-state index contributed by atoms with van der Waals surface area (Å²) in [6, 6.07) is 0. The molecule has 1 heterocycles. The zero-order chi connectivity index (χ0) is 15.6. The van der Waals surface area contributed by atoms with E-state index in [1.54, 1.807) is 12.3 Å². The molecule has 7 heteroatoms. The van der Waals surface area contributed by atoms with Gasteiger partial charge in [0.15, 0.2) is 0 Å². The Bertz CT molecular complexity index is 621. The number of hydrogen-bond acceptors (Lipinski definition) is 5. The summed E-state index contributed by atoms with van der Waals surface area (Å²) in [4.78, 5) is 11.9. The van der Waals surface area contributed by atoms with E-state index in [1.165, 1.54) is 7.11 Å². The minimum Gasteiger partial charge on any atom is -0.465 e. The zero-order valence-electron chi connectivity index (χ0n) is 12.5. The normalized spacial score (nSPS) is 22.4. The number of sulfonamides is 1. The largest absolute Gasteiger partial charge is 0.465 e. The molecule has 0 aliphatic heterocycles. The molecule has 1 saturated carbocycles. The van der Waals surface area contributed by atoms with Crippen LogP contribution in [0.3, 0.4) is 0 Å². The van der Waals surface area contributed by atoms with Crippen LogP contribution in [0.2, 0.25) is 0 Å². The van der Waals surface area contributed by atoms with E-state index >= 15 is 0 Å². The van der Waals surface area contributed by atoms with Crippen LogP contribution in [0.1, 0.15) is 41.4 Å². The van der Waals surface area contributed by atoms with Crippen molar-refractivity contribution in [3.63, 3.8) is 0 Å². The predicted molar refractivity (Wildman–Crippen MR) is 82.1 cm³/mol. The number of ether oxygens (including phenoxy) is 1. The van der Waals surface area contributed by atoms with Crippen LogP contribution < -0.4 is 4.72 Å². The molecular formula is C14H21NO4S2. The maximum absolute atomic E-state index is 12.5. The summed E-state index contributed by atoms with van der Waals surface area (Å²) in [5, 5.41) is 1.67. The predicted octanol–water partition coefficient (Wildman–Crippen LogP) is 2.56. The second-order valence-corrected chi connectivity index (χ2v) is 8.29. The SMILES string of the molecule is COC(=O)c1scc(C)c1S(=O)(=O)NCC1CCC(C)C1. The summed E-state index contributed by atoms with van der Waals surface area (Å²) in [5.74, 6) is 0.436. The van der Waals surface area contributed by atoms with Gasteiger partial charge in [0, 0.05) is 6.54 Å². The van der Waals surface area contributed by atoms with Gasteiger partial charge < -0.3 is 4.74 Å². The Labute approximate surface area is 129 Å². The first-order chi connectivity index (χ1) is 9.85. The molecule has 1 aromatic heterocycles. The number of hydrogen-bond donors (Lipinski definition) is 1. The van der Waals surface area contributed by atoms with Crippen LogP contribution in [0, 0.1) is 18.8 Å². The summed E-state index contributed by atoms with van der Waals surface area (Å²) < 4.78 is 32.3. The fourth-order valence-electron chi connectivity index (χ4n) is 2.81. The average Bonchev–Trinajstić information content (AvgIpc) is 3.02. The Balaban J connectivity index is 2.16. The van der Waals surface area contributed by atoms with Gasteiger partial charge in [-0.15, -0.1) is 11.3 Å². The van der Waals surface area contributed by atoms with Crippen molar-refractivity contribution in [2.75, 3.05) is 13.7 Å². The number of aryl methyl sites for hydroxylation is 1. The summed E-state index contributed by atoms with van der Waals surface area (Å²) in [6.07, 6.45) is 3.25. The van der Waals surface area contributed by atoms with E-state index in [0.717, 1.165) is 30.6 Å². The number of rotatable bonds is 5. The number of carbonyl (C=O) groups excluding carboxylic acids is 1. The number of nitrogens with one attached hydrogen (secondary N) is 1. The molecule has 118 valence electrons. The Morgan fingerprint density at radius 2 is 2.19 bits per heavy atom. The van der Waals surface area contributed by atoms with Gasteiger partial charge in [-0.2, -0.15) is 0 Å². The quantitative estimate of drug-likeness (QED) is 0.842. The third-order valence-corrected chi connectivity index (χ3v) is 6.74. The van der Waals surface area contributed by atoms with E-state index in [9.17, 15) is 13.2 Å². The molecule has 0 spiro atoms. The van der Waals surface area contributed by atoms with Crippen molar-refractivity contribution in [1.29, 1.82) is 0 Å². The van der Waals surface area contributed by atoms with Crippen LogP contribution in [0.4, 0.5) is 0 Å². The van der Waals surface area contributed by atoms with E-state index in [1.807, 2.05) is 0 Å². The van der Waals surface area contributed by atoms with Crippen molar-refractivity contribution < 1.29 is 17.9 Å². The molecule has 21 heavy (non-hydrogen) atoms. The molecule has 1 aliphatic carbocycles. The first kappa shape index (κ1) is 16.5. The van der Waals surface area contributed by atoms with Gasteiger partial charge in [-0.05, 0) is 42.5 Å². The number of thiophene rings is 1. The minimum absolute atomic E-state index is 0.0606. The third-order valence-electron chi connectivity index (χ3n) is 3.92. The van der Waals surface area contributed by atoms with Crippen molar-refractivity contribution in [3.05, 3.63) is 15.8 Å². The molecule has 1 aromatic rings. The summed E-state index contributed by atoms with van der Waals surface area (Å²) >= 11 is 1.10. The highest BCUT2D eigenvalue weighted by Gasteiger charge is 2.29. The van der Waals surface area contributed by atoms with Gasteiger partial charge in [0.1, 0.15) is 9.77 Å². The zero-order valence-corrected chi connectivity index (χ0v) is 14.1. The number of carbonyl (C=O) groups is 1. The van der Waals surface area contributed by atoms with E-state index in [-0.39, 0.29) is 9.77 Å². The molecule has 2 unspecified atom stereocenters. The lowest BCUT2D eigenvalue weighted by molar-refractivity contribution is 0.0602.